The molecule has 2 aliphatic heterocycles. The molecule has 0 saturated carbocycles. The third-order valence-corrected chi connectivity index (χ3v) is 5.51. The third kappa shape index (κ3) is 4.32. The Morgan fingerprint density at radius 3 is 2.54 bits per heavy atom. The van der Waals surface area contributed by atoms with Crippen LogP contribution in [0.5, 0.6) is 5.75 Å². The molecule has 4 rings (SSSR count). The van der Waals surface area contributed by atoms with E-state index in [0.717, 1.165) is 24.4 Å². The van der Waals surface area contributed by atoms with Gasteiger partial charge in [-0.3, -0.25) is 9.54 Å². The summed E-state index contributed by atoms with van der Waals surface area (Å²) in [6.45, 7) is 4.04. The number of hydrogen-bond donors (Lipinski definition) is 2. The van der Waals surface area contributed by atoms with Gasteiger partial charge in [0.25, 0.3) is 10.1 Å². The van der Waals surface area contributed by atoms with Gasteiger partial charge >= 0.3 is 0 Å². The van der Waals surface area contributed by atoms with Crippen LogP contribution in [0.2, 0.25) is 0 Å². The van der Waals surface area contributed by atoms with Crippen LogP contribution in [-0.2, 0) is 10.1 Å². The monoisotopic (exact) mass is 377 g/mol. The van der Waals surface area contributed by atoms with Gasteiger partial charge in [-0.25, -0.2) is 0 Å². The van der Waals surface area contributed by atoms with Crippen LogP contribution < -0.4 is 15.0 Å². The van der Waals surface area contributed by atoms with Crippen molar-refractivity contribution in [3.63, 3.8) is 0 Å². The van der Waals surface area contributed by atoms with Crippen LogP contribution in [0.4, 0.5) is 5.69 Å². The summed E-state index contributed by atoms with van der Waals surface area (Å²) in [4.78, 5) is 6.56. The number of aromatic nitrogens is 1. The summed E-state index contributed by atoms with van der Waals surface area (Å²) < 4.78 is 34.7. The maximum atomic E-state index is 10.5. The van der Waals surface area contributed by atoms with E-state index in [1.165, 1.54) is 24.2 Å². The molecule has 2 N–H and O–H groups in total. The van der Waals surface area contributed by atoms with E-state index >= 15 is 0 Å². The fraction of sp³-hybridized carbons (Fsp3) is 0.389. The topological polar surface area (TPSA) is 91.8 Å². The Balaban J connectivity index is 0.000000160. The zero-order chi connectivity index (χ0) is 18.7. The Labute approximate surface area is 153 Å². The van der Waals surface area contributed by atoms with Crippen molar-refractivity contribution in [3.8, 4) is 5.75 Å². The van der Waals surface area contributed by atoms with Gasteiger partial charge in [-0.15, -0.1) is 0 Å². The zero-order valence-corrected chi connectivity index (χ0v) is 15.6. The number of benzene rings is 1. The number of piperazine rings is 1. The number of hydrogen-bond acceptors (Lipinski definition) is 6. The second-order valence-corrected chi connectivity index (χ2v) is 7.94. The Hall–Kier alpha value is -2.16. The van der Waals surface area contributed by atoms with E-state index < -0.39 is 10.1 Å². The van der Waals surface area contributed by atoms with Crippen LogP contribution >= 0.6 is 0 Å². The summed E-state index contributed by atoms with van der Waals surface area (Å²) in [5.74, 6) is 0.836. The van der Waals surface area contributed by atoms with Gasteiger partial charge in [-0.05, 0) is 25.5 Å². The molecular formula is C18H23N3O4S. The molecule has 1 aromatic heterocycles. The Kier molecular flexibility index (Phi) is 5.45. The predicted octanol–water partition coefficient (Wildman–Crippen LogP) is 1.88. The lowest BCUT2D eigenvalue weighted by Gasteiger charge is -2.29. The fourth-order valence-electron chi connectivity index (χ4n) is 3.26. The molecule has 2 aromatic rings. The molecule has 0 spiro atoms. The minimum Gasteiger partial charge on any atom is -0.495 e. The molecule has 7 nitrogen and oxygen atoms in total. The molecule has 0 amide bonds. The van der Waals surface area contributed by atoms with Crippen molar-refractivity contribution < 1.29 is 17.7 Å². The highest BCUT2D eigenvalue weighted by atomic mass is 32.2. The van der Waals surface area contributed by atoms with Crippen LogP contribution in [0.1, 0.15) is 12.0 Å². The molecule has 0 radical (unpaired) electrons. The van der Waals surface area contributed by atoms with E-state index in [1.807, 2.05) is 13.1 Å². The summed E-state index contributed by atoms with van der Waals surface area (Å²) in [5.41, 5.74) is 2.14. The van der Waals surface area contributed by atoms with Crippen molar-refractivity contribution in [2.75, 3.05) is 25.1 Å². The first-order chi connectivity index (χ1) is 12.4. The van der Waals surface area contributed by atoms with E-state index in [1.54, 1.807) is 25.4 Å². The molecule has 0 aliphatic carbocycles. The SMILES string of the molecule is COc1cncc(N2C[C@H]3C[C@@H]2CN3)c1.Cc1ccc(S(=O)(=O)O)cc1. The number of anilines is 1. The number of aryl methyl sites for hydroxylation is 1. The van der Waals surface area contributed by atoms with Gasteiger partial charge in [0.15, 0.2) is 0 Å². The van der Waals surface area contributed by atoms with Gasteiger partial charge in [-0.2, -0.15) is 8.42 Å². The van der Waals surface area contributed by atoms with Crippen LogP contribution in [0.25, 0.3) is 0 Å². The molecule has 3 heterocycles. The lowest BCUT2D eigenvalue weighted by Crippen LogP contribution is -2.43. The normalized spacial score (nSPS) is 21.3. The molecule has 140 valence electrons. The van der Waals surface area contributed by atoms with Crippen molar-refractivity contribution in [1.82, 2.24) is 10.3 Å². The smallest absolute Gasteiger partial charge is 0.294 e. The number of ether oxygens (including phenoxy) is 1. The van der Waals surface area contributed by atoms with Gasteiger partial charge in [-0.1, -0.05) is 17.7 Å². The van der Waals surface area contributed by atoms with Gasteiger partial charge < -0.3 is 15.0 Å². The molecule has 26 heavy (non-hydrogen) atoms. The number of nitrogens with zero attached hydrogens (tertiary/aromatic N) is 2. The minimum atomic E-state index is -4.02. The standard InChI is InChI=1S/C11H15N3O.C7H8O3S/c1-15-11-3-10(4-12-6-11)14-7-8-2-9(14)5-13-8;1-6-2-4-7(5-3-6)11(8,9)10/h3-4,6,8-9,13H,2,5,7H2,1H3;2-5H,1H3,(H,8,9,10)/t8-,9-;/m1./s1. The van der Waals surface area contributed by atoms with Gasteiger partial charge in [0.05, 0.1) is 30.1 Å². The van der Waals surface area contributed by atoms with Crippen molar-refractivity contribution in [3.05, 3.63) is 48.3 Å². The molecular weight excluding hydrogens is 354 g/mol. The van der Waals surface area contributed by atoms with Crippen LogP contribution in [0.3, 0.4) is 0 Å². The lowest BCUT2D eigenvalue weighted by atomic mass is 10.2. The van der Waals surface area contributed by atoms with Crippen molar-refractivity contribution in [2.24, 2.45) is 0 Å². The molecule has 8 heteroatoms. The molecule has 0 unspecified atom stereocenters. The van der Waals surface area contributed by atoms with E-state index in [0.29, 0.717) is 12.1 Å². The third-order valence-electron chi connectivity index (χ3n) is 4.64. The summed E-state index contributed by atoms with van der Waals surface area (Å²) >= 11 is 0. The maximum Gasteiger partial charge on any atom is 0.294 e. The van der Waals surface area contributed by atoms with E-state index in [2.05, 4.69) is 21.3 Å². The highest BCUT2D eigenvalue weighted by Gasteiger charge is 2.37. The molecule has 2 aliphatic rings. The lowest BCUT2D eigenvalue weighted by molar-refractivity contribution is 0.412. The average Bonchev–Trinajstić information content (AvgIpc) is 3.25. The quantitative estimate of drug-likeness (QED) is 0.789. The van der Waals surface area contributed by atoms with Gasteiger partial charge in [0, 0.05) is 31.2 Å². The number of fused-ring (bicyclic) bond motifs is 2. The van der Waals surface area contributed by atoms with Gasteiger partial charge in [0.2, 0.25) is 0 Å². The zero-order valence-electron chi connectivity index (χ0n) is 14.8. The molecule has 2 fully saturated rings. The highest BCUT2D eigenvalue weighted by Crippen LogP contribution is 2.30. The molecule has 1 aromatic carbocycles. The van der Waals surface area contributed by atoms with Crippen molar-refractivity contribution in [1.29, 1.82) is 0 Å². The first-order valence-corrected chi connectivity index (χ1v) is 9.84. The molecule has 2 saturated heterocycles. The van der Waals surface area contributed by atoms with Crippen LogP contribution in [0.15, 0.2) is 47.6 Å². The van der Waals surface area contributed by atoms with E-state index in [9.17, 15) is 8.42 Å². The number of pyridine rings is 1. The molecule has 2 atom stereocenters. The van der Waals surface area contributed by atoms with E-state index in [4.69, 9.17) is 9.29 Å². The highest BCUT2D eigenvalue weighted by molar-refractivity contribution is 7.85. The van der Waals surface area contributed by atoms with Gasteiger partial charge in [0.1, 0.15) is 5.75 Å². The molecule has 2 bridgehead atoms. The fourth-order valence-corrected chi connectivity index (χ4v) is 3.74. The second-order valence-electron chi connectivity index (χ2n) is 6.52. The summed E-state index contributed by atoms with van der Waals surface area (Å²) in [6, 6.07) is 9.36. The summed E-state index contributed by atoms with van der Waals surface area (Å²) in [5, 5.41) is 3.49. The Morgan fingerprint density at radius 1 is 1.27 bits per heavy atom. The summed E-state index contributed by atoms with van der Waals surface area (Å²) in [6.07, 6.45) is 4.93. The summed E-state index contributed by atoms with van der Waals surface area (Å²) in [7, 11) is -2.34. The van der Waals surface area contributed by atoms with E-state index in [-0.39, 0.29) is 4.90 Å². The van der Waals surface area contributed by atoms with Crippen LogP contribution in [-0.4, -0.2) is 50.2 Å². The number of nitrogens with one attached hydrogen (secondary N) is 1. The first kappa shape index (κ1) is 18.6. The van der Waals surface area contributed by atoms with Crippen molar-refractivity contribution >= 4 is 15.8 Å². The Morgan fingerprint density at radius 2 is 2.00 bits per heavy atom. The first-order valence-electron chi connectivity index (χ1n) is 8.40. The maximum absolute atomic E-state index is 10.5. The minimum absolute atomic E-state index is 0.0666. The average molecular weight is 377 g/mol. The number of methoxy groups -OCH3 is 1. The predicted molar refractivity (Wildman–Crippen MR) is 99.3 cm³/mol. The largest absolute Gasteiger partial charge is 0.495 e. The second kappa shape index (κ2) is 7.61. The van der Waals surface area contributed by atoms with Crippen molar-refractivity contribution in [2.45, 2.75) is 30.3 Å². The number of rotatable bonds is 3. The Bertz CT molecular complexity index is 855. The van der Waals surface area contributed by atoms with Crippen LogP contribution in [0, 0.1) is 6.92 Å².